The maximum atomic E-state index is 11.9. The second kappa shape index (κ2) is 4.34. The number of nitrogens with one attached hydrogen (secondary N) is 1. The number of rotatable bonds is 1. The van der Waals surface area contributed by atoms with E-state index in [1.165, 1.54) is 4.90 Å². The van der Waals surface area contributed by atoms with Gasteiger partial charge in [-0.15, -0.1) is 0 Å². The van der Waals surface area contributed by atoms with E-state index in [0.29, 0.717) is 12.4 Å². The van der Waals surface area contributed by atoms with Crippen molar-refractivity contribution in [3.05, 3.63) is 22.7 Å². The summed E-state index contributed by atoms with van der Waals surface area (Å²) in [6.45, 7) is 0.350. The van der Waals surface area contributed by atoms with Crippen molar-refractivity contribution >= 4 is 44.6 Å². The van der Waals surface area contributed by atoms with Crippen LogP contribution in [0.5, 0.6) is 0 Å². The molecule has 1 N–H and O–H groups in total. The van der Waals surface area contributed by atoms with E-state index in [2.05, 4.69) is 26.3 Å². The predicted octanol–water partition coefficient (Wildman–Crippen LogP) is 1.78. The van der Waals surface area contributed by atoms with Crippen LogP contribution in [0.1, 0.15) is 6.42 Å². The molecule has 19 heavy (non-hydrogen) atoms. The summed E-state index contributed by atoms with van der Waals surface area (Å²) in [5.74, 6) is 0.325. The van der Waals surface area contributed by atoms with Crippen molar-refractivity contribution in [2.24, 2.45) is 7.05 Å². The summed E-state index contributed by atoms with van der Waals surface area (Å²) in [5, 5.41) is 7.57. The van der Waals surface area contributed by atoms with Gasteiger partial charge in [0.1, 0.15) is 0 Å². The molecule has 0 unspecified atom stereocenters. The van der Waals surface area contributed by atoms with Gasteiger partial charge in [-0.3, -0.25) is 19.7 Å². The number of anilines is 1. The fourth-order valence-electron chi connectivity index (χ4n) is 2.24. The Kier molecular flexibility index (Phi) is 2.78. The first-order chi connectivity index (χ1) is 9.08. The standard InChI is InChI=1S/C12H11BrN4O2/c1-16-10-7(3-2-4-8(10)13)11(15-16)17-6-5-9(18)14-12(17)19/h2-4H,5-6H2,1H3,(H,14,18,19). The molecule has 1 saturated heterocycles. The molecular weight excluding hydrogens is 312 g/mol. The van der Waals surface area contributed by atoms with Gasteiger partial charge in [0.25, 0.3) is 0 Å². The number of urea groups is 1. The van der Waals surface area contributed by atoms with E-state index in [9.17, 15) is 9.59 Å². The molecular formula is C12H11BrN4O2. The number of carbonyl (C=O) groups is 2. The van der Waals surface area contributed by atoms with Crippen LogP contribution in [0.25, 0.3) is 10.9 Å². The van der Waals surface area contributed by atoms with E-state index in [0.717, 1.165) is 15.4 Å². The lowest BCUT2D eigenvalue weighted by Crippen LogP contribution is -2.49. The fourth-order valence-corrected chi connectivity index (χ4v) is 2.86. The SMILES string of the molecule is Cn1nc(N2CCC(=O)NC2=O)c2cccc(Br)c21. The topological polar surface area (TPSA) is 67.2 Å². The smallest absolute Gasteiger partial charge is 0.278 e. The van der Waals surface area contributed by atoms with E-state index in [-0.39, 0.29) is 12.3 Å². The van der Waals surface area contributed by atoms with E-state index >= 15 is 0 Å². The van der Waals surface area contributed by atoms with E-state index in [1.54, 1.807) is 4.68 Å². The van der Waals surface area contributed by atoms with Crippen LogP contribution in [0.4, 0.5) is 10.6 Å². The molecule has 1 aromatic carbocycles. The van der Waals surface area contributed by atoms with Crippen LogP contribution >= 0.6 is 15.9 Å². The van der Waals surface area contributed by atoms with Crippen molar-refractivity contribution in [2.75, 3.05) is 11.4 Å². The Morgan fingerprint density at radius 3 is 2.89 bits per heavy atom. The minimum absolute atomic E-state index is 0.248. The summed E-state index contributed by atoms with van der Waals surface area (Å²) in [5.41, 5.74) is 0.919. The second-order valence-corrected chi connectivity index (χ2v) is 5.19. The largest absolute Gasteiger partial charge is 0.329 e. The third-order valence-corrected chi connectivity index (χ3v) is 3.75. The Labute approximate surface area is 117 Å². The predicted molar refractivity (Wildman–Crippen MR) is 73.9 cm³/mol. The van der Waals surface area contributed by atoms with Gasteiger partial charge in [-0.25, -0.2) is 4.79 Å². The zero-order valence-electron chi connectivity index (χ0n) is 10.2. The molecule has 0 atom stereocenters. The molecule has 6 nitrogen and oxygen atoms in total. The number of amides is 3. The van der Waals surface area contributed by atoms with Crippen molar-refractivity contribution in [3.8, 4) is 0 Å². The quantitative estimate of drug-likeness (QED) is 0.870. The number of imide groups is 1. The minimum atomic E-state index is -0.420. The van der Waals surface area contributed by atoms with Gasteiger partial charge in [-0.2, -0.15) is 5.10 Å². The first-order valence-electron chi connectivity index (χ1n) is 5.80. The Morgan fingerprint density at radius 2 is 2.16 bits per heavy atom. The van der Waals surface area contributed by atoms with E-state index in [4.69, 9.17) is 0 Å². The van der Waals surface area contributed by atoms with Crippen LogP contribution in [0.3, 0.4) is 0 Å². The Morgan fingerprint density at radius 1 is 1.37 bits per heavy atom. The lowest BCUT2D eigenvalue weighted by molar-refractivity contribution is -0.120. The number of aryl methyl sites for hydroxylation is 1. The molecule has 0 bridgehead atoms. The Balaban J connectivity index is 2.13. The number of carbonyl (C=O) groups excluding carboxylic acids is 2. The summed E-state index contributed by atoms with van der Waals surface area (Å²) >= 11 is 3.48. The number of para-hydroxylation sites is 1. The molecule has 0 radical (unpaired) electrons. The van der Waals surface area contributed by atoms with Crippen molar-refractivity contribution in [1.29, 1.82) is 0 Å². The van der Waals surface area contributed by atoms with Crippen molar-refractivity contribution in [1.82, 2.24) is 15.1 Å². The molecule has 3 amide bonds. The van der Waals surface area contributed by atoms with Crippen molar-refractivity contribution < 1.29 is 9.59 Å². The van der Waals surface area contributed by atoms with E-state index in [1.807, 2.05) is 25.2 Å². The maximum Gasteiger partial charge on any atom is 0.329 e. The highest BCUT2D eigenvalue weighted by Crippen LogP contribution is 2.31. The highest BCUT2D eigenvalue weighted by atomic mass is 79.9. The minimum Gasteiger partial charge on any atom is -0.278 e. The second-order valence-electron chi connectivity index (χ2n) is 4.34. The normalized spacial score (nSPS) is 16.0. The zero-order chi connectivity index (χ0) is 13.6. The lowest BCUT2D eigenvalue weighted by atomic mass is 10.2. The summed E-state index contributed by atoms with van der Waals surface area (Å²) < 4.78 is 2.64. The molecule has 2 heterocycles. The zero-order valence-corrected chi connectivity index (χ0v) is 11.8. The molecule has 1 aliphatic heterocycles. The van der Waals surface area contributed by atoms with Crippen LogP contribution in [0, 0.1) is 0 Å². The van der Waals surface area contributed by atoms with Gasteiger partial charge >= 0.3 is 6.03 Å². The number of fused-ring (bicyclic) bond motifs is 1. The van der Waals surface area contributed by atoms with Crippen molar-refractivity contribution in [3.63, 3.8) is 0 Å². The van der Waals surface area contributed by atoms with Crippen LogP contribution in [-0.2, 0) is 11.8 Å². The molecule has 7 heteroatoms. The van der Waals surface area contributed by atoms with Gasteiger partial charge in [0.15, 0.2) is 5.82 Å². The Hall–Kier alpha value is -1.89. The number of benzene rings is 1. The summed E-state index contributed by atoms with van der Waals surface area (Å²) in [6, 6.07) is 5.31. The van der Waals surface area contributed by atoms with Gasteiger partial charge < -0.3 is 0 Å². The first kappa shape index (κ1) is 12.2. The molecule has 98 valence electrons. The molecule has 2 aromatic rings. The van der Waals surface area contributed by atoms with Gasteiger partial charge in [0.2, 0.25) is 5.91 Å². The summed E-state index contributed by atoms with van der Waals surface area (Å²) in [6.07, 6.45) is 0.289. The lowest BCUT2D eigenvalue weighted by Gasteiger charge is -2.24. The van der Waals surface area contributed by atoms with Gasteiger partial charge in [-0.05, 0) is 28.1 Å². The average Bonchev–Trinajstić information content (AvgIpc) is 2.68. The maximum absolute atomic E-state index is 11.9. The summed E-state index contributed by atoms with van der Waals surface area (Å²) in [7, 11) is 1.82. The highest BCUT2D eigenvalue weighted by Gasteiger charge is 2.28. The molecule has 0 spiro atoms. The first-order valence-corrected chi connectivity index (χ1v) is 6.60. The van der Waals surface area contributed by atoms with Gasteiger partial charge in [0.05, 0.1) is 5.52 Å². The highest BCUT2D eigenvalue weighted by molar-refractivity contribution is 9.10. The third-order valence-electron chi connectivity index (χ3n) is 3.11. The fraction of sp³-hybridized carbons (Fsp3) is 0.250. The number of aromatic nitrogens is 2. The van der Waals surface area contributed by atoms with Crippen LogP contribution in [-0.4, -0.2) is 28.3 Å². The number of nitrogens with zero attached hydrogens (tertiary/aromatic N) is 3. The van der Waals surface area contributed by atoms with Gasteiger partial charge in [-0.1, -0.05) is 6.07 Å². The monoisotopic (exact) mass is 322 g/mol. The van der Waals surface area contributed by atoms with Crippen molar-refractivity contribution in [2.45, 2.75) is 6.42 Å². The van der Waals surface area contributed by atoms with E-state index < -0.39 is 6.03 Å². The Bertz CT molecular complexity index is 694. The molecule has 0 saturated carbocycles. The molecule has 0 aliphatic carbocycles. The third kappa shape index (κ3) is 1.90. The molecule has 1 aliphatic rings. The summed E-state index contributed by atoms with van der Waals surface area (Å²) in [4.78, 5) is 24.6. The van der Waals surface area contributed by atoms with Gasteiger partial charge in [0, 0.05) is 29.9 Å². The molecule has 1 fully saturated rings. The molecule has 1 aromatic heterocycles. The number of hydrogen-bond acceptors (Lipinski definition) is 3. The number of halogens is 1. The average molecular weight is 323 g/mol. The van der Waals surface area contributed by atoms with Crippen LogP contribution < -0.4 is 10.2 Å². The number of hydrogen-bond donors (Lipinski definition) is 1. The van der Waals surface area contributed by atoms with Crippen LogP contribution in [0.2, 0.25) is 0 Å². The van der Waals surface area contributed by atoms with Crippen LogP contribution in [0.15, 0.2) is 22.7 Å². The molecule has 3 rings (SSSR count).